The van der Waals surface area contributed by atoms with E-state index in [4.69, 9.17) is 9.73 Å². The Bertz CT molecular complexity index is 1010. The second kappa shape index (κ2) is 12.3. The first kappa shape index (κ1) is 25.4. The number of aliphatic hydroxyl groups is 1. The number of amidine groups is 1. The molecule has 0 bridgehead atoms. The number of aliphatic hydroxyl groups excluding tert-OH is 1. The van der Waals surface area contributed by atoms with Gasteiger partial charge in [0.25, 0.3) is 0 Å². The third-order valence-electron chi connectivity index (χ3n) is 7.62. The van der Waals surface area contributed by atoms with Crippen molar-refractivity contribution in [3.8, 4) is 5.75 Å². The van der Waals surface area contributed by atoms with Gasteiger partial charge in [-0.2, -0.15) is 0 Å². The fraction of sp³-hybridized carbons (Fsp3) is 0.517. The molecule has 2 aromatic carbocycles. The lowest BCUT2D eigenvalue weighted by atomic mass is 9.88. The van der Waals surface area contributed by atoms with E-state index in [2.05, 4.69) is 57.9 Å². The molecule has 6 heteroatoms. The summed E-state index contributed by atoms with van der Waals surface area (Å²) in [6.45, 7) is 7.50. The van der Waals surface area contributed by atoms with Gasteiger partial charge in [-0.1, -0.05) is 31.0 Å². The fourth-order valence-corrected chi connectivity index (χ4v) is 5.53. The SMILES string of the molecule is C=NC(=Nc1ccc(N(C)CCO)cc1CN1CCC(c2ccccc2OC)CC1)C1CCCC1. The van der Waals surface area contributed by atoms with Gasteiger partial charge in [-0.25, -0.2) is 9.98 Å². The van der Waals surface area contributed by atoms with Gasteiger partial charge < -0.3 is 14.7 Å². The van der Waals surface area contributed by atoms with Crippen molar-refractivity contribution in [3.05, 3.63) is 53.6 Å². The van der Waals surface area contributed by atoms with E-state index in [1.54, 1.807) is 7.11 Å². The van der Waals surface area contributed by atoms with Crippen LogP contribution in [0.4, 0.5) is 11.4 Å². The number of hydrogen-bond acceptors (Lipinski definition) is 5. The summed E-state index contributed by atoms with van der Waals surface area (Å²) in [7, 11) is 3.78. The molecule has 35 heavy (non-hydrogen) atoms. The molecule has 1 aliphatic carbocycles. The number of likely N-dealkylation sites (N-methyl/N-ethyl adjacent to an activating group) is 1. The molecule has 1 heterocycles. The topological polar surface area (TPSA) is 60.7 Å². The number of anilines is 1. The number of benzene rings is 2. The average molecular weight is 477 g/mol. The van der Waals surface area contributed by atoms with Crippen LogP contribution in [0.25, 0.3) is 0 Å². The molecule has 0 radical (unpaired) electrons. The molecule has 0 amide bonds. The van der Waals surface area contributed by atoms with Crippen molar-refractivity contribution in [1.82, 2.24) is 4.90 Å². The van der Waals surface area contributed by atoms with Crippen LogP contribution in [-0.2, 0) is 6.54 Å². The highest BCUT2D eigenvalue weighted by molar-refractivity contribution is 5.91. The molecule has 1 aliphatic heterocycles. The summed E-state index contributed by atoms with van der Waals surface area (Å²) in [6.07, 6.45) is 7.04. The number of nitrogens with zero attached hydrogens (tertiary/aromatic N) is 4. The van der Waals surface area contributed by atoms with Crippen LogP contribution in [0.3, 0.4) is 0 Å². The molecule has 1 saturated carbocycles. The summed E-state index contributed by atoms with van der Waals surface area (Å²) in [5.41, 5.74) is 4.63. The van der Waals surface area contributed by atoms with Gasteiger partial charge in [0.15, 0.2) is 0 Å². The number of para-hydroxylation sites is 1. The van der Waals surface area contributed by atoms with Crippen LogP contribution < -0.4 is 9.64 Å². The predicted molar refractivity (Wildman–Crippen MR) is 146 cm³/mol. The van der Waals surface area contributed by atoms with Gasteiger partial charge in [-0.05, 0) is 86.8 Å². The lowest BCUT2D eigenvalue weighted by Crippen LogP contribution is -2.32. The summed E-state index contributed by atoms with van der Waals surface area (Å²) in [5.74, 6) is 2.84. The zero-order valence-electron chi connectivity index (χ0n) is 21.3. The van der Waals surface area contributed by atoms with E-state index in [1.165, 1.54) is 24.0 Å². The molecule has 2 aliphatic rings. The van der Waals surface area contributed by atoms with Crippen LogP contribution in [0.15, 0.2) is 52.4 Å². The van der Waals surface area contributed by atoms with Crippen molar-refractivity contribution in [2.75, 3.05) is 45.3 Å². The number of aliphatic imine (C=N–C) groups is 2. The molecular weight excluding hydrogens is 436 g/mol. The first-order valence-corrected chi connectivity index (χ1v) is 13.0. The molecule has 0 aromatic heterocycles. The predicted octanol–water partition coefficient (Wildman–Crippen LogP) is 5.42. The van der Waals surface area contributed by atoms with E-state index >= 15 is 0 Å². The Morgan fingerprint density at radius 3 is 2.54 bits per heavy atom. The van der Waals surface area contributed by atoms with Crippen molar-refractivity contribution >= 4 is 23.9 Å². The van der Waals surface area contributed by atoms with E-state index in [0.29, 0.717) is 18.4 Å². The molecule has 2 aromatic rings. The van der Waals surface area contributed by atoms with Crippen molar-refractivity contribution < 1.29 is 9.84 Å². The second-order valence-corrected chi connectivity index (χ2v) is 9.86. The number of rotatable bonds is 9. The number of piperidine rings is 1. The van der Waals surface area contributed by atoms with E-state index in [-0.39, 0.29) is 6.61 Å². The summed E-state index contributed by atoms with van der Waals surface area (Å²) in [6, 6.07) is 14.9. The zero-order chi connectivity index (χ0) is 24.6. The van der Waals surface area contributed by atoms with Crippen LogP contribution >= 0.6 is 0 Å². The molecule has 0 spiro atoms. The summed E-state index contributed by atoms with van der Waals surface area (Å²) in [5, 5.41) is 9.41. The smallest absolute Gasteiger partial charge is 0.131 e. The first-order chi connectivity index (χ1) is 17.1. The quantitative estimate of drug-likeness (QED) is 0.388. The number of likely N-dealkylation sites (tertiary alicyclic amines) is 1. The molecule has 6 nitrogen and oxygen atoms in total. The Morgan fingerprint density at radius 2 is 1.86 bits per heavy atom. The van der Waals surface area contributed by atoms with Crippen molar-refractivity contribution in [2.24, 2.45) is 15.9 Å². The third-order valence-corrected chi connectivity index (χ3v) is 7.62. The molecule has 1 N–H and O–H groups in total. The van der Waals surface area contributed by atoms with Crippen molar-refractivity contribution in [2.45, 2.75) is 51.0 Å². The van der Waals surface area contributed by atoms with Crippen LogP contribution in [0, 0.1) is 5.92 Å². The van der Waals surface area contributed by atoms with Gasteiger partial charge in [-0.15, -0.1) is 0 Å². The molecule has 188 valence electrons. The summed E-state index contributed by atoms with van der Waals surface area (Å²) >= 11 is 0. The number of methoxy groups -OCH3 is 1. The van der Waals surface area contributed by atoms with Crippen molar-refractivity contribution in [3.63, 3.8) is 0 Å². The van der Waals surface area contributed by atoms with Crippen LogP contribution in [-0.4, -0.2) is 63.0 Å². The van der Waals surface area contributed by atoms with Gasteiger partial charge >= 0.3 is 0 Å². The highest BCUT2D eigenvalue weighted by atomic mass is 16.5. The number of hydrogen-bond donors (Lipinski definition) is 1. The van der Waals surface area contributed by atoms with Crippen LogP contribution in [0.2, 0.25) is 0 Å². The Kier molecular flexibility index (Phi) is 8.94. The minimum atomic E-state index is 0.133. The molecule has 0 atom stereocenters. The van der Waals surface area contributed by atoms with Crippen LogP contribution in [0.1, 0.15) is 55.6 Å². The van der Waals surface area contributed by atoms with Gasteiger partial charge in [0.1, 0.15) is 11.6 Å². The Labute approximate surface area is 210 Å². The molecule has 0 unspecified atom stereocenters. The first-order valence-electron chi connectivity index (χ1n) is 13.0. The minimum absolute atomic E-state index is 0.133. The zero-order valence-corrected chi connectivity index (χ0v) is 21.3. The van der Waals surface area contributed by atoms with Gasteiger partial charge in [-0.3, -0.25) is 4.90 Å². The Balaban J connectivity index is 1.53. The lowest BCUT2D eigenvalue weighted by Gasteiger charge is -2.33. The van der Waals surface area contributed by atoms with E-state index in [1.807, 2.05) is 13.1 Å². The maximum absolute atomic E-state index is 9.41. The summed E-state index contributed by atoms with van der Waals surface area (Å²) in [4.78, 5) is 14.0. The second-order valence-electron chi connectivity index (χ2n) is 9.86. The van der Waals surface area contributed by atoms with E-state index in [0.717, 1.165) is 68.3 Å². The molecular formula is C29H40N4O2. The molecule has 4 rings (SSSR count). The molecule has 1 saturated heterocycles. The largest absolute Gasteiger partial charge is 0.496 e. The van der Waals surface area contributed by atoms with Gasteiger partial charge in [0.2, 0.25) is 0 Å². The Hall–Kier alpha value is -2.70. The average Bonchev–Trinajstić information content (AvgIpc) is 3.43. The maximum atomic E-state index is 9.41. The lowest BCUT2D eigenvalue weighted by molar-refractivity contribution is 0.203. The monoisotopic (exact) mass is 476 g/mol. The minimum Gasteiger partial charge on any atom is -0.496 e. The maximum Gasteiger partial charge on any atom is 0.131 e. The fourth-order valence-electron chi connectivity index (χ4n) is 5.53. The van der Waals surface area contributed by atoms with Crippen molar-refractivity contribution in [1.29, 1.82) is 0 Å². The summed E-state index contributed by atoms with van der Waals surface area (Å²) < 4.78 is 5.62. The highest BCUT2D eigenvalue weighted by Crippen LogP contribution is 2.36. The van der Waals surface area contributed by atoms with E-state index in [9.17, 15) is 5.11 Å². The number of ether oxygens (including phenoxy) is 1. The third kappa shape index (κ3) is 6.30. The molecule has 2 fully saturated rings. The van der Waals surface area contributed by atoms with Crippen LogP contribution in [0.5, 0.6) is 5.75 Å². The van der Waals surface area contributed by atoms with Gasteiger partial charge in [0.05, 0.1) is 19.4 Å². The standard InChI is InChI=1S/C29H40N4O2/c1-30-29(23-8-4-5-9-23)31-27-13-12-25(32(2)18-19-34)20-24(27)21-33-16-14-22(15-17-33)26-10-6-7-11-28(26)35-3/h6-7,10-13,20,22-23,34H,1,4-5,8-9,14-19,21H2,2-3H3. The van der Waals surface area contributed by atoms with Gasteiger partial charge in [0, 0.05) is 31.7 Å². The Morgan fingerprint density at radius 1 is 1.11 bits per heavy atom. The van der Waals surface area contributed by atoms with E-state index < -0.39 is 0 Å². The normalized spacial score (nSPS) is 18.1. The highest BCUT2D eigenvalue weighted by Gasteiger charge is 2.24.